The number of carboxylic acids is 1. The first kappa shape index (κ1) is 20.3. The van der Waals surface area contributed by atoms with Gasteiger partial charge in [-0.3, -0.25) is 4.79 Å². The van der Waals surface area contributed by atoms with Gasteiger partial charge in [0.15, 0.2) is 0 Å². The number of aliphatic hydroxyl groups excluding tert-OH is 3. The Kier molecular flexibility index (Phi) is 12.6. The Labute approximate surface area is 128 Å². The van der Waals surface area contributed by atoms with E-state index in [1.165, 1.54) is 12.8 Å². The van der Waals surface area contributed by atoms with Crippen LogP contribution >= 0.6 is 0 Å². The first-order chi connectivity index (χ1) is 10.1. The van der Waals surface area contributed by atoms with Gasteiger partial charge in [0.05, 0.1) is 19.8 Å². The molecule has 0 aromatic heterocycles. The minimum absolute atomic E-state index is 0.170. The number of rotatable bonds is 15. The van der Waals surface area contributed by atoms with Crippen molar-refractivity contribution in [3.63, 3.8) is 0 Å². The van der Waals surface area contributed by atoms with Crippen LogP contribution < -0.4 is 0 Å². The number of hydrogen-bond donors (Lipinski definition) is 4. The summed E-state index contributed by atoms with van der Waals surface area (Å²) in [4.78, 5) is 10.3. The predicted octanol–water partition coefficient (Wildman–Crippen LogP) is 2.33. The summed E-state index contributed by atoms with van der Waals surface area (Å²) >= 11 is 0. The van der Waals surface area contributed by atoms with Crippen LogP contribution in [0.5, 0.6) is 0 Å². The van der Waals surface area contributed by atoms with Gasteiger partial charge in [0, 0.05) is 11.8 Å². The van der Waals surface area contributed by atoms with E-state index in [2.05, 4.69) is 0 Å². The lowest BCUT2D eigenvalue weighted by molar-refractivity contribution is -0.137. The Morgan fingerprint density at radius 3 is 1.43 bits per heavy atom. The number of unbranched alkanes of at least 4 members (excludes halogenated alkanes) is 8. The van der Waals surface area contributed by atoms with E-state index in [1.54, 1.807) is 0 Å². The Morgan fingerprint density at radius 1 is 0.667 bits per heavy atom. The Morgan fingerprint density at radius 2 is 1.05 bits per heavy atom. The molecule has 5 nitrogen and oxygen atoms in total. The Balaban J connectivity index is 3.34. The van der Waals surface area contributed by atoms with Crippen LogP contribution in [0.4, 0.5) is 0 Å². The molecule has 4 N–H and O–H groups in total. The molecule has 0 bridgehead atoms. The van der Waals surface area contributed by atoms with Crippen LogP contribution in [0.1, 0.15) is 70.6 Å². The maximum absolute atomic E-state index is 10.3. The molecule has 0 saturated carbocycles. The van der Waals surface area contributed by atoms with E-state index in [0.717, 1.165) is 44.9 Å². The molecule has 0 radical (unpaired) electrons. The second-order valence-electron chi connectivity index (χ2n) is 6.05. The topological polar surface area (TPSA) is 98.0 Å². The molecule has 0 rings (SSSR count). The van der Waals surface area contributed by atoms with Crippen molar-refractivity contribution in [1.82, 2.24) is 0 Å². The third kappa shape index (κ3) is 10.7. The molecule has 126 valence electrons. The van der Waals surface area contributed by atoms with Crippen LogP contribution in [0.2, 0.25) is 0 Å². The van der Waals surface area contributed by atoms with Crippen LogP contribution in [0, 0.1) is 5.41 Å². The van der Waals surface area contributed by atoms with Crippen molar-refractivity contribution in [3.8, 4) is 0 Å². The Bertz CT molecular complexity index is 243. The van der Waals surface area contributed by atoms with Crippen molar-refractivity contribution < 1.29 is 25.2 Å². The minimum Gasteiger partial charge on any atom is -0.481 e. The van der Waals surface area contributed by atoms with E-state index in [9.17, 15) is 20.1 Å². The van der Waals surface area contributed by atoms with Crippen LogP contribution in [-0.4, -0.2) is 46.2 Å². The fourth-order valence-electron chi connectivity index (χ4n) is 2.40. The summed E-state index contributed by atoms with van der Waals surface area (Å²) in [5, 5.41) is 36.1. The van der Waals surface area contributed by atoms with Crippen molar-refractivity contribution in [2.45, 2.75) is 70.6 Å². The van der Waals surface area contributed by atoms with E-state index in [1.807, 2.05) is 0 Å². The van der Waals surface area contributed by atoms with E-state index in [4.69, 9.17) is 5.11 Å². The van der Waals surface area contributed by atoms with Crippen molar-refractivity contribution >= 4 is 5.97 Å². The van der Waals surface area contributed by atoms with Gasteiger partial charge in [-0.05, 0) is 12.8 Å². The molecule has 5 heteroatoms. The van der Waals surface area contributed by atoms with Crippen LogP contribution in [0.15, 0.2) is 0 Å². The fourth-order valence-corrected chi connectivity index (χ4v) is 2.40. The van der Waals surface area contributed by atoms with Gasteiger partial charge in [-0.1, -0.05) is 51.4 Å². The fraction of sp³-hybridized carbons (Fsp3) is 0.938. The maximum Gasteiger partial charge on any atom is 0.303 e. The second kappa shape index (κ2) is 13.0. The van der Waals surface area contributed by atoms with E-state index in [-0.39, 0.29) is 26.2 Å². The zero-order valence-corrected chi connectivity index (χ0v) is 13.1. The summed E-state index contributed by atoms with van der Waals surface area (Å²) in [5.41, 5.74) is -0.718. The van der Waals surface area contributed by atoms with Crippen molar-refractivity contribution in [1.29, 1.82) is 0 Å². The zero-order valence-electron chi connectivity index (χ0n) is 13.1. The molecule has 0 aliphatic carbocycles. The van der Waals surface area contributed by atoms with Gasteiger partial charge in [-0.15, -0.1) is 0 Å². The number of carboxylic acid groups (broad SMARTS) is 1. The number of aliphatic hydroxyl groups is 3. The van der Waals surface area contributed by atoms with Crippen molar-refractivity contribution in [2.75, 3.05) is 19.8 Å². The van der Waals surface area contributed by atoms with Gasteiger partial charge in [0.1, 0.15) is 0 Å². The summed E-state index contributed by atoms with van der Waals surface area (Å²) < 4.78 is 0. The standard InChI is InChI=1S/C16H32O5/c17-12-16(13-18,14-19)11-9-7-5-3-1-2-4-6-8-10-15(20)21/h17-19H,1-14H2,(H,20,21). The average Bonchev–Trinajstić information content (AvgIpc) is 2.49. The first-order valence-electron chi connectivity index (χ1n) is 8.14. The smallest absolute Gasteiger partial charge is 0.303 e. The van der Waals surface area contributed by atoms with Crippen molar-refractivity contribution in [3.05, 3.63) is 0 Å². The second-order valence-corrected chi connectivity index (χ2v) is 6.05. The summed E-state index contributed by atoms with van der Waals surface area (Å²) in [6, 6.07) is 0. The van der Waals surface area contributed by atoms with Crippen LogP contribution in [-0.2, 0) is 4.79 Å². The molecule has 0 aromatic carbocycles. The van der Waals surface area contributed by atoms with E-state index >= 15 is 0 Å². The molecule has 0 unspecified atom stereocenters. The molecule has 0 spiro atoms. The summed E-state index contributed by atoms with van der Waals surface area (Å²) in [5.74, 6) is -0.709. The molecule has 0 fully saturated rings. The van der Waals surface area contributed by atoms with Gasteiger partial charge in [0.2, 0.25) is 0 Å². The molecule has 21 heavy (non-hydrogen) atoms. The highest BCUT2D eigenvalue weighted by Crippen LogP contribution is 2.24. The SMILES string of the molecule is O=C(O)CCCCCCCCCCCC(CO)(CO)CO. The summed E-state index contributed by atoms with van der Waals surface area (Å²) in [6.45, 7) is -0.511. The van der Waals surface area contributed by atoms with Crippen LogP contribution in [0.3, 0.4) is 0 Å². The highest BCUT2D eigenvalue weighted by molar-refractivity contribution is 5.66. The highest BCUT2D eigenvalue weighted by atomic mass is 16.4. The quantitative estimate of drug-likeness (QED) is 0.348. The van der Waals surface area contributed by atoms with Gasteiger partial charge in [0.25, 0.3) is 0 Å². The molecular weight excluding hydrogens is 272 g/mol. The van der Waals surface area contributed by atoms with Gasteiger partial charge >= 0.3 is 5.97 Å². The molecule has 0 atom stereocenters. The highest BCUT2D eigenvalue weighted by Gasteiger charge is 2.26. The van der Waals surface area contributed by atoms with Gasteiger partial charge in [-0.25, -0.2) is 0 Å². The number of carbonyl (C=O) groups is 1. The lowest BCUT2D eigenvalue weighted by Crippen LogP contribution is -2.33. The average molecular weight is 304 g/mol. The summed E-state index contributed by atoms with van der Waals surface area (Å²) in [6.07, 6.45) is 10.4. The normalized spacial score (nSPS) is 11.8. The molecule has 0 aliphatic rings. The number of aliphatic carboxylic acids is 1. The van der Waals surface area contributed by atoms with Gasteiger partial charge in [-0.2, -0.15) is 0 Å². The summed E-state index contributed by atoms with van der Waals surface area (Å²) in [7, 11) is 0. The Hall–Kier alpha value is -0.650. The molecule has 0 amide bonds. The van der Waals surface area contributed by atoms with Crippen molar-refractivity contribution in [2.24, 2.45) is 5.41 Å². The number of hydrogen-bond acceptors (Lipinski definition) is 4. The molecule has 0 aliphatic heterocycles. The molecule has 0 aromatic rings. The minimum atomic E-state index is -0.718. The third-order valence-corrected chi connectivity index (χ3v) is 4.10. The third-order valence-electron chi connectivity index (χ3n) is 4.10. The maximum atomic E-state index is 10.3. The monoisotopic (exact) mass is 304 g/mol. The van der Waals surface area contributed by atoms with E-state index in [0.29, 0.717) is 6.42 Å². The first-order valence-corrected chi connectivity index (χ1v) is 8.14. The predicted molar refractivity (Wildman–Crippen MR) is 82.1 cm³/mol. The largest absolute Gasteiger partial charge is 0.481 e. The van der Waals surface area contributed by atoms with E-state index < -0.39 is 11.4 Å². The molecule has 0 saturated heterocycles. The molecular formula is C16H32O5. The lowest BCUT2D eigenvalue weighted by atomic mass is 9.85. The molecule has 0 heterocycles. The zero-order chi connectivity index (χ0) is 16.0. The van der Waals surface area contributed by atoms with Gasteiger partial charge < -0.3 is 20.4 Å². The lowest BCUT2D eigenvalue weighted by Gasteiger charge is -2.27. The van der Waals surface area contributed by atoms with Crippen LogP contribution in [0.25, 0.3) is 0 Å².